The van der Waals surface area contributed by atoms with Crippen molar-refractivity contribution in [3.63, 3.8) is 0 Å². The summed E-state index contributed by atoms with van der Waals surface area (Å²) in [5.41, 5.74) is 39.0. The van der Waals surface area contributed by atoms with Crippen LogP contribution in [-0.2, 0) is 36.6 Å². The van der Waals surface area contributed by atoms with E-state index in [1.807, 2.05) is 0 Å². The summed E-state index contributed by atoms with van der Waals surface area (Å²) >= 11 is 0. The van der Waals surface area contributed by atoms with Crippen LogP contribution in [0.25, 0.3) is 66.8 Å². The molecule has 3 heteroatoms. The number of rotatable bonds is 30. The normalized spacial score (nSPS) is 12.3. The summed E-state index contributed by atoms with van der Waals surface area (Å²) in [6, 6.07) is 92.8. The summed E-state index contributed by atoms with van der Waals surface area (Å²) in [4.78, 5) is 4.89. The molecule has 0 amide bonds. The van der Waals surface area contributed by atoms with Crippen molar-refractivity contribution >= 4 is 34.1 Å². The second-order valence-corrected chi connectivity index (χ2v) is 30.4. The lowest BCUT2D eigenvalue weighted by atomic mass is 9.82. The Kier molecular flexibility index (Phi) is 23.8. The van der Waals surface area contributed by atoms with E-state index in [1.54, 1.807) is 0 Å². The van der Waals surface area contributed by atoms with Gasteiger partial charge in [-0.1, -0.05) is 278 Å². The molecule has 0 saturated heterocycles. The van der Waals surface area contributed by atoms with Gasteiger partial charge in [-0.05, 0) is 273 Å². The van der Waals surface area contributed by atoms with Crippen LogP contribution in [0.4, 0.5) is 34.1 Å². The molecule has 1 unspecified atom stereocenters. The van der Waals surface area contributed by atoms with E-state index in [1.165, 1.54) is 144 Å². The van der Waals surface area contributed by atoms with Crippen molar-refractivity contribution in [1.29, 1.82) is 0 Å². The molecule has 2 N–H and O–H groups in total. The van der Waals surface area contributed by atoms with E-state index in [0.29, 0.717) is 11.8 Å². The smallest absolute Gasteiger partial charge is 0.0464 e. The summed E-state index contributed by atoms with van der Waals surface area (Å²) < 4.78 is 0. The van der Waals surface area contributed by atoms with Gasteiger partial charge in [-0.15, -0.1) is 0 Å². The third-order valence-electron chi connectivity index (χ3n) is 21.3. The van der Waals surface area contributed by atoms with E-state index < -0.39 is 0 Å². The lowest BCUT2D eigenvalue weighted by molar-refractivity contribution is 0.476. The van der Waals surface area contributed by atoms with Crippen LogP contribution in [0.3, 0.4) is 0 Å². The highest BCUT2D eigenvalue weighted by molar-refractivity contribution is 5.87. The summed E-state index contributed by atoms with van der Waals surface area (Å²) in [5, 5.41) is 0. The van der Waals surface area contributed by atoms with Crippen molar-refractivity contribution in [3.8, 4) is 66.8 Å². The minimum atomic E-state index is -0.358. The van der Waals surface area contributed by atoms with Gasteiger partial charge in [0.05, 0.1) is 0 Å². The van der Waals surface area contributed by atoms with Crippen LogP contribution in [0.5, 0.6) is 0 Å². The zero-order chi connectivity index (χ0) is 70.5. The predicted octanol–water partition coefficient (Wildman–Crippen LogP) is 28.2. The molecular weight excluding hydrogens is 1210 g/mol. The Morgan fingerprint density at radius 2 is 0.600 bits per heavy atom. The van der Waals surface area contributed by atoms with Gasteiger partial charge >= 0.3 is 0 Å². The van der Waals surface area contributed by atoms with Gasteiger partial charge in [0.25, 0.3) is 0 Å². The van der Waals surface area contributed by atoms with E-state index in [2.05, 4.69) is 342 Å². The topological polar surface area (TPSA) is 32.5 Å². The summed E-state index contributed by atoms with van der Waals surface area (Å²) in [6.07, 6.45) is 15.8. The number of nitrogens with zero attached hydrogens (tertiary/aromatic N) is 2. The van der Waals surface area contributed by atoms with Gasteiger partial charge in [0.15, 0.2) is 0 Å². The molecule has 100 heavy (non-hydrogen) atoms. The molecule has 0 bridgehead atoms. The molecule has 0 aliphatic carbocycles. The van der Waals surface area contributed by atoms with Gasteiger partial charge in [-0.2, -0.15) is 0 Å². The van der Waals surface area contributed by atoms with E-state index in [4.69, 9.17) is 5.73 Å². The molecule has 0 heterocycles. The SMILES string of the molecule is CCCCCCc1cc(-c2ccc(N(c3ccc(-c4ccc(CC(C)C)cc4)cc3)c3ccc(-c4ccc(C(C)(N)CC)cc4)cc3)cc2C)c(CCCCCC)cc1-c1ccc(N(c2ccc(-c3ccc(CC(C)C)cc3)cc2)c2ccc(-c3ccc(C(C)(C)CC)cc3)cc2)cc1C. The fourth-order valence-corrected chi connectivity index (χ4v) is 14.5. The minimum absolute atomic E-state index is 0.140. The Bertz CT molecular complexity index is 4130. The lowest BCUT2D eigenvalue weighted by Crippen LogP contribution is -2.31. The maximum Gasteiger partial charge on any atom is 0.0464 e. The monoisotopic (exact) mass is 1320 g/mol. The van der Waals surface area contributed by atoms with Crippen molar-refractivity contribution in [1.82, 2.24) is 0 Å². The molecule has 0 saturated carbocycles. The molecule has 1 atom stereocenters. The first-order chi connectivity index (χ1) is 48.3. The third-order valence-corrected chi connectivity index (χ3v) is 21.3. The Morgan fingerprint density at radius 3 is 0.880 bits per heavy atom. The van der Waals surface area contributed by atoms with Crippen LogP contribution in [-0.4, -0.2) is 0 Å². The molecule has 11 rings (SSSR count). The number of hydrogen-bond donors (Lipinski definition) is 1. The first kappa shape index (κ1) is 72.2. The van der Waals surface area contributed by atoms with Crippen LogP contribution in [0.2, 0.25) is 0 Å². The molecule has 0 fully saturated rings. The van der Waals surface area contributed by atoms with Gasteiger partial charge in [-0.3, -0.25) is 0 Å². The molecule has 0 radical (unpaired) electrons. The van der Waals surface area contributed by atoms with Gasteiger partial charge < -0.3 is 15.5 Å². The highest BCUT2D eigenvalue weighted by atomic mass is 15.1. The molecular formula is C97H111N3. The average molecular weight is 1320 g/mol. The molecule has 0 aromatic heterocycles. The first-order valence-electron chi connectivity index (χ1n) is 37.9. The average Bonchev–Trinajstić information content (AvgIpc) is 0.771. The number of nitrogens with two attached hydrogens (primary N) is 1. The molecule has 0 spiro atoms. The van der Waals surface area contributed by atoms with Crippen molar-refractivity contribution in [2.75, 3.05) is 9.80 Å². The molecule has 0 aliphatic rings. The quantitative estimate of drug-likeness (QED) is 0.0456. The van der Waals surface area contributed by atoms with Crippen LogP contribution < -0.4 is 15.5 Å². The molecule has 3 nitrogen and oxygen atoms in total. The Hall–Kier alpha value is -9.02. The number of benzene rings is 11. The van der Waals surface area contributed by atoms with Gasteiger partial charge in [0.1, 0.15) is 0 Å². The lowest BCUT2D eigenvalue weighted by Gasteiger charge is -2.28. The van der Waals surface area contributed by atoms with Gasteiger partial charge in [-0.25, -0.2) is 0 Å². The number of hydrogen-bond acceptors (Lipinski definition) is 3. The highest BCUT2D eigenvalue weighted by Gasteiger charge is 2.24. The molecule has 11 aromatic carbocycles. The summed E-state index contributed by atoms with van der Waals surface area (Å²) in [5.74, 6) is 1.24. The maximum absolute atomic E-state index is 6.69. The predicted molar refractivity (Wildman–Crippen MR) is 436 cm³/mol. The standard InChI is InChI=1S/C97H111N3/c1-14-18-20-22-24-82-67-95(93-61-59-91(65-71(93)10)100(87-52-40-79(41-53-87)75-32-28-73(29-33-75)63-69(7)8)89-56-44-81(45-57-89)77-36-48-85(49-37-77)97(13,98)17-4)83(25-23-21-19-15-2)66-94(82)92-60-58-90(64-70(92)9)99(86-50-38-78(39-51-86)74-30-26-72(27-31-74)62-68(5)6)88-54-42-80(43-55-88)76-34-46-84(47-35-76)96(11,12)16-3/h26-61,64-69H,14-25,62-63,98H2,1-13H3. The fraction of sp³-hybridized carbons (Fsp3) is 0.320. The van der Waals surface area contributed by atoms with Crippen LogP contribution >= 0.6 is 0 Å². The van der Waals surface area contributed by atoms with Gasteiger partial charge in [0, 0.05) is 39.7 Å². The summed E-state index contributed by atoms with van der Waals surface area (Å²) in [6.45, 7) is 29.7. The van der Waals surface area contributed by atoms with Crippen molar-refractivity contribution in [2.45, 2.75) is 191 Å². The zero-order valence-corrected chi connectivity index (χ0v) is 62.6. The van der Waals surface area contributed by atoms with Crippen molar-refractivity contribution in [3.05, 3.63) is 287 Å². The number of anilines is 6. The number of aryl methyl sites for hydroxylation is 4. The molecule has 514 valence electrons. The Balaban J connectivity index is 0.973. The Labute approximate surface area is 602 Å². The highest BCUT2D eigenvalue weighted by Crippen LogP contribution is 2.45. The number of unbranched alkanes of at least 4 members (excludes halogenated alkanes) is 6. The molecule has 11 aromatic rings. The minimum Gasteiger partial charge on any atom is -0.322 e. The van der Waals surface area contributed by atoms with Crippen LogP contribution in [0.15, 0.2) is 243 Å². The van der Waals surface area contributed by atoms with E-state index in [9.17, 15) is 0 Å². The zero-order valence-electron chi connectivity index (χ0n) is 62.6. The van der Waals surface area contributed by atoms with Crippen LogP contribution in [0, 0.1) is 25.7 Å². The van der Waals surface area contributed by atoms with E-state index >= 15 is 0 Å². The van der Waals surface area contributed by atoms with Crippen molar-refractivity contribution < 1.29 is 0 Å². The fourth-order valence-electron chi connectivity index (χ4n) is 14.5. The molecule has 0 aliphatic heterocycles. The third kappa shape index (κ3) is 17.4. The maximum atomic E-state index is 6.69. The first-order valence-corrected chi connectivity index (χ1v) is 37.9. The summed E-state index contributed by atoms with van der Waals surface area (Å²) in [7, 11) is 0. The van der Waals surface area contributed by atoms with Crippen LogP contribution in [0.1, 0.15) is 185 Å². The largest absolute Gasteiger partial charge is 0.322 e. The van der Waals surface area contributed by atoms with E-state index in [-0.39, 0.29) is 11.0 Å². The second kappa shape index (κ2) is 33.0. The second-order valence-electron chi connectivity index (χ2n) is 30.4. The Morgan fingerprint density at radius 1 is 0.310 bits per heavy atom. The van der Waals surface area contributed by atoms with E-state index in [0.717, 1.165) is 91.1 Å². The van der Waals surface area contributed by atoms with Crippen molar-refractivity contribution in [2.24, 2.45) is 17.6 Å². The van der Waals surface area contributed by atoms with Gasteiger partial charge in [0.2, 0.25) is 0 Å².